The molecule has 0 aliphatic heterocycles. The first-order valence-corrected chi connectivity index (χ1v) is 19.8. The van der Waals surface area contributed by atoms with E-state index >= 15 is 0 Å². The molecule has 0 aliphatic rings. The average molecular weight is 739 g/mol. The summed E-state index contributed by atoms with van der Waals surface area (Å²) in [5.41, 5.74) is 12.9. The van der Waals surface area contributed by atoms with E-state index < -0.39 is 0 Å². The molecule has 2 nitrogen and oxygen atoms in total. The molecule has 270 valence electrons. The number of para-hydroxylation sites is 2. The summed E-state index contributed by atoms with van der Waals surface area (Å²) in [7, 11) is 0. The first-order chi connectivity index (χ1) is 28.8. The Bertz CT molecular complexity index is 3230. The summed E-state index contributed by atoms with van der Waals surface area (Å²) in [6.07, 6.45) is 0. The molecule has 0 radical (unpaired) electrons. The fourth-order valence-corrected chi connectivity index (χ4v) is 9.30. The van der Waals surface area contributed by atoms with Crippen LogP contribution in [0.25, 0.3) is 121 Å². The van der Waals surface area contributed by atoms with Gasteiger partial charge >= 0.3 is 0 Å². The molecule has 58 heavy (non-hydrogen) atoms. The number of hydrogen-bond acceptors (Lipinski definition) is 2. The van der Waals surface area contributed by atoms with E-state index in [-0.39, 0.29) is 0 Å². The number of fused-ring (bicyclic) bond motifs is 2. The fraction of sp³-hybridized carbons (Fsp3) is 0. The Morgan fingerprint density at radius 3 is 1.00 bits per heavy atom. The lowest BCUT2D eigenvalue weighted by atomic mass is 9.86. The second-order valence-corrected chi connectivity index (χ2v) is 15.1. The maximum absolute atomic E-state index is 7.00. The highest BCUT2D eigenvalue weighted by atomic mass is 16.3. The summed E-state index contributed by atoms with van der Waals surface area (Å²) in [6.45, 7) is 0. The van der Waals surface area contributed by atoms with Crippen LogP contribution >= 0.6 is 0 Å². The van der Waals surface area contributed by atoms with Crippen LogP contribution in [0.4, 0.5) is 0 Å². The van der Waals surface area contributed by atoms with Crippen LogP contribution in [-0.4, -0.2) is 0 Å². The molecule has 0 spiro atoms. The van der Waals surface area contributed by atoms with Crippen molar-refractivity contribution in [3.8, 4) is 67.2 Å². The second-order valence-electron chi connectivity index (χ2n) is 15.1. The smallest absolute Gasteiger partial charge is 0.143 e. The maximum atomic E-state index is 7.00. The van der Waals surface area contributed by atoms with Crippen LogP contribution in [0.5, 0.6) is 0 Å². The lowest BCUT2D eigenvalue weighted by Gasteiger charge is -2.17. The SMILES string of the molecule is c1ccc(-c2oc3c(-c4ccc5ccc6c(-c7cccc8c(-c9ccccc9)c(-c9ccccc9)oc78)ccc7ccc4c5c76)cccc3c2-c2ccccc2)cc1. The lowest BCUT2D eigenvalue weighted by Crippen LogP contribution is -1.90. The Kier molecular flexibility index (Phi) is 7.26. The van der Waals surface area contributed by atoms with Crippen molar-refractivity contribution in [1.82, 2.24) is 0 Å². The Balaban J connectivity index is 1.09. The largest absolute Gasteiger partial charge is 0.455 e. The van der Waals surface area contributed by atoms with E-state index in [4.69, 9.17) is 8.83 Å². The van der Waals surface area contributed by atoms with Gasteiger partial charge in [0.1, 0.15) is 22.7 Å². The summed E-state index contributed by atoms with van der Waals surface area (Å²) in [5, 5.41) is 9.55. The molecule has 0 aliphatic carbocycles. The van der Waals surface area contributed by atoms with E-state index in [1.165, 1.54) is 32.3 Å². The number of benzene rings is 10. The van der Waals surface area contributed by atoms with Crippen LogP contribution in [0.3, 0.4) is 0 Å². The van der Waals surface area contributed by atoms with Crippen LogP contribution in [0.2, 0.25) is 0 Å². The zero-order chi connectivity index (χ0) is 38.2. The Morgan fingerprint density at radius 2 is 0.603 bits per heavy atom. The number of hydrogen-bond donors (Lipinski definition) is 0. The molecule has 2 aromatic heterocycles. The van der Waals surface area contributed by atoms with Crippen molar-refractivity contribution in [1.29, 1.82) is 0 Å². The van der Waals surface area contributed by atoms with Gasteiger partial charge in [0.15, 0.2) is 0 Å². The predicted octanol–water partition coefficient (Wildman–Crippen LogP) is 16.1. The second kappa shape index (κ2) is 12.9. The van der Waals surface area contributed by atoms with Crippen molar-refractivity contribution in [2.24, 2.45) is 0 Å². The van der Waals surface area contributed by atoms with Crippen LogP contribution < -0.4 is 0 Å². The summed E-state index contributed by atoms with van der Waals surface area (Å²) < 4.78 is 14.0. The van der Waals surface area contributed by atoms with Gasteiger partial charge in [-0.1, -0.05) is 206 Å². The van der Waals surface area contributed by atoms with Gasteiger partial charge in [0.05, 0.1) is 0 Å². The summed E-state index contributed by atoms with van der Waals surface area (Å²) in [5.74, 6) is 1.77. The van der Waals surface area contributed by atoms with Gasteiger partial charge < -0.3 is 8.83 Å². The van der Waals surface area contributed by atoms with Gasteiger partial charge in [-0.2, -0.15) is 0 Å². The first-order valence-electron chi connectivity index (χ1n) is 19.8. The average Bonchev–Trinajstić information content (AvgIpc) is 3.89. The van der Waals surface area contributed by atoms with Crippen molar-refractivity contribution in [2.75, 3.05) is 0 Å². The minimum absolute atomic E-state index is 0.884. The molecule has 0 unspecified atom stereocenters. The summed E-state index contributed by atoms with van der Waals surface area (Å²) in [6, 6.07) is 73.5. The van der Waals surface area contributed by atoms with E-state index in [0.717, 1.165) is 89.1 Å². The quantitative estimate of drug-likeness (QED) is 0.159. The third-order valence-electron chi connectivity index (χ3n) is 11.9. The molecule has 10 aromatic carbocycles. The number of furan rings is 2. The van der Waals surface area contributed by atoms with Gasteiger partial charge in [0.2, 0.25) is 0 Å². The Hall–Kier alpha value is -7.68. The highest BCUT2D eigenvalue weighted by Crippen LogP contribution is 2.49. The van der Waals surface area contributed by atoms with Crippen LogP contribution in [0, 0.1) is 0 Å². The van der Waals surface area contributed by atoms with E-state index in [9.17, 15) is 0 Å². The molecule has 12 rings (SSSR count). The molecule has 0 atom stereocenters. The number of rotatable bonds is 6. The van der Waals surface area contributed by atoms with Gasteiger partial charge in [-0.05, 0) is 54.6 Å². The molecule has 2 heteroatoms. The molecule has 0 N–H and O–H groups in total. The molecular weight excluding hydrogens is 705 g/mol. The van der Waals surface area contributed by atoms with E-state index in [2.05, 4.69) is 206 Å². The molecule has 0 saturated carbocycles. The standard InChI is InChI=1S/C56H34O2/c1-5-15-35(16-6-1)51-47-25-13-23-45(55(47)57-53(51)39-19-9-3-10-20-39)41-31-27-37-30-34-44-42(32-28-38-29-33-43(41)49(37)50(38)44)46-24-14-26-48-52(36-17-7-2-8-18-36)54(58-56(46)48)40-21-11-4-12-22-40/h1-34H. The van der Waals surface area contributed by atoms with Crippen LogP contribution in [-0.2, 0) is 0 Å². The molecule has 0 amide bonds. The third-order valence-corrected chi connectivity index (χ3v) is 11.9. The molecule has 0 fully saturated rings. The van der Waals surface area contributed by atoms with Crippen molar-refractivity contribution < 1.29 is 8.83 Å². The van der Waals surface area contributed by atoms with Gasteiger partial charge in [-0.25, -0.2) is 0 Å². The zero-order valence-corrected chi connectivity index (χ0v) is 31.4. The fourth-order valence-electron chi connectivity index (χ4n) is 9.30. The predicted molar refractivity (Wildman–Crippen MR) is 242 cm³/mol. The lowest BCUT2D eigenvalue weighted by molar-refractivity contribution is 0.633. The van der Waals surface area contributed by atoms with Crippen molar-refractivity contribution in [3.63, 3.8) is 0 Å². The van der Waals surface area contributed by atoms with Crippen molar-refractivity contribution in [3.05, 3.63) is 206 Å². The van der Waals surface area contributed by atoms with Crippen molar-refractivity contribution >= 4 is 54.3 Å². The summed E-state index contributed by atoms with van der Waals surface area (Å²) >= 11 is 0. The minimum atomic E-state index is 0.884. The third kappa shape index (κ3) is 4.92. The molecule has 12 aromatic rings. The van der Waals surface area contributed by atoms with Gasteiger partial charge in [0.25, 0.3) is 0 Å². The topological polar surface area (TPSA) is 26.3 Å². The normalized spacial score (nSPS) is 11.8. The first kappa shape index (κ1) is 32.6. The van der Waals surface area contributed by atoms with Gasteiger partial charge in [-0.15, -0.1) is 0 Å². The van der Waals surface area contributed by atoms with Crippen LogP contribution in [0.15, 0.2) is 215 Å². The van der Waals surface area contributed by atoms with E-state index in [1.54, 1.807) is 0 Å². The maximum Gasteiger partial charge on any atom is 0.143 e. The highest BCUT2D eigenvalue weighted by Gasteiger charge is 2.24. The van der Waals surface area contributed by atoms with Gasteiger partial charge in [-0.3, -0.25) is 0 Å². The van der Waals surface area contributed by atoms with Gasteiger partial charge in [0, 0.05) is 44.2 Å². The van der Waals surface area contributed by atoms with E-state index in [1.807, 2.05) is 0 Å². The summed E-state index contributed by atoms with van der Waals surface area (Å²) in [4.78, 5) is 0. The zero-order valence-electron chi connectivity index (χ0n) is 31.4. The Labute approximate surface area is 335 Å². The van der Waals surface area contributed by atoms with Crippen LogP contribution in [0.1, 0.15) is 0 Å². The minimum Gasteiger partial charge on any atom is -0.455 e. The molecule has 0 bridgehead atoms. The monoisotopic (exact) mass is 738 g/mol. The molecule has 0 saturated heterocycles. The highest BCUT2D eigenvalue weighted by molar-refractivity contribution is 6.29. The van der Waals surface area contributed by atoms with E-state index in [0.29, 0.717) is 0 Å². The Morgan fingerprint density at radius 1 is 0.241 bits per heavy atom. The molecular formula is C56H34O2. The molecule has 2 heterocycles. The van der Waals surface area contributed by atoms with Crippen molar-refractivity contribution in [2.45, 2.75) is 0 Å².